The van der Waals surface area contributed by atoms with Crippen LogP contribution in [0.3, 0.4) is 0 Å². The number of aliphatic hydroxyl groups is 1. The number of carbonyl (C=O) groups is 2. The Labute approximate surface area is 261 Å². The van der Waals surface area contributed by atoms with Gasteiger partial charge in [0.1, 0.15) is 18.1 Å². The first-order valence-corrected chi connectivity index (χ1v) is 13.8. The standard InChI is InChI=1S/C30H26F7N3O7/c1-44-21-11-16(5-10-20(21)47-18-8-9-18)25(41)38-13-28(43,30(35,36)37)22-12-19-24(23(39-22)15-3-6-17(31)7-4-15)46-14-27(19,29(32,33)34)40-26(42)45-2/h3-7,10-12,18,43H,8-9,13-14H2,1-2H3,(H,38,41)(H,40,42)/t27-,28-/m0/s1. The fourth-order valence-corrected chi connectivity index (χ4v) is 4.82. The van der Waals surface area contributed by atoms with Crippen molar-refractivity contribution in [1.29, 1.82) is 0 Å². The zero-order valence-corrected chi connectivity index (χ0v) is 24.5. The van der Waals surface area contributed by atoms with E-state index in [1.54, 1.807) is 5.32 Å². The molecule has 5 rings (SSSR count). The lowest BCUT2D eigenvalue weighted by Crippen LogP contribution is -2.57. The number of benzene rings is 2. The van der Waals surface area contributed by atoms with E-state index in [1.165, 1.54) is 25.3 Å². The van der Waals surface area contributed by atoms with Gasteiger partial charge >= 0.3 is 18.4 Å². The van der Waals surface area contributed by atoms with Gasteiger partial charge in [0.25, 0.3) is 5.91 Å². The second kappa shape index (κ2) is 12.1. The summed E-state index contributed by atoms with van der Waals surface area (Å²) in [4.78, 5) is 28.9. The minimum atomic E-state index is -5.64. The summed E-state index contributed by atoms with van der Waals surface area (Å²) in [6.45, 7) is -2.96. The molecule has 0 spiro atoms. The largest absolute Gasteiger partial charge is 0.493 e. The number of alkyl carbamates (subject to hydrolysis) is 1. The van der Waals surface area contributed by atoms with Gasteiger partial charge in [-0.25, -0.2) is 14.2 Å². The summed E-state index contributed by atoms with van der Waals surface area (Å²) in [7, 11) is 2.06. The van der Waals surface area contributed by atoms with Gasteiger partial charge in [-0.05, 0) is 61.4 Å². The molecule has 0 radical (unpaired) electrons. The van der Waals surface area contributed by atoms with Gasteiger partial charge in [-0.15, -0.1) is 0 Å². The van der Waals surface area contributed by atoms with E-state index in [-0.39, 0.29) is 29.0 Å². The third kappa shape index (κ3) is 6.31. The maximum Gasteiger partial charge on any atom is 0.424 e. The predicted molar refractivity (Wildman–Crippen MR) is 147 cm³/mol. The van der Waals surface area contributed by atoms with E-state index < -0.39 is 77.2 Å². The number of halogens is 7. The van der Waals surface area contributed by atoms with Crippen LogP contribution in [0.4, 0.5) is 35.5 Å². The van der Waals surface area contributed by atoms with E-state index in [0.717, 1.165) is 44.2 Å². The average molecular weight is 674 g/mol. The number of hydrogen-bond donors (Lipinski definition) is 3. The average Bonchev–Trinajstić information content (AvgIpc) is 3.76. The van der Waals surface area contributed by atoms with Crippen molar-refractivity contribution in [2.24, 2.45) is 0 Å². The summed E-state index contributed by atoms with van der Waals surface area (Å²) in [6, 6.07) is 7.90. The van der Waals surface area contributed by atoms with E-state index in [1.807, 2.05) is 5.32 Å². The minimum Gasteiger partial charge on any atom is -0.493 e. The first-order chi connectivity index (χ1) is 22.0. The van der Waals surface area contributed by atoms with Crippen molar-refractivity contribution in [3.8, 4) is 28.5 Å². The van der Waals surface area contributed by atoms with Gasteiger partial charge in [-0.3, -0.25) is 4.79 Å². The van der Waals surface area contributed by atoms with Crippen LogP contribution in [0, 0.1) is 5.82 Å². The normalized spacial score (nSPS) is 18.8. The van der Waals surface area contributed by atoms with E-state index in [2.05, 4.69) is 9.72 Å². The molecule has 17 heteroatoms. The Kier molecular flexibility index (Phi) is 8.64. The van der Waals surface area contributed by atoms with Crippen LogP contribution in [-0.4, -0.2) is 67.9 Å². The van der Waals surface area contributed by atoms with Gasteiger partial charge in [-0.1, -0.05) is 0 Å². The van der Waals surface area contributed by atoms with Crippen molar-refractivity contribution in [1.82, 2.24) is 15.6 Å². The van der Waals surface area contributed by atoms with Crippen LogP contribution in [0.15, 0.2) is 48.5 Å². The molecule has 0 unspecified atom stereocenters. The number of aromatic nitrogens is 1. The summed E-state index contributed by atoms with van der Waals surface area (Å²) in [5.41, 5.74) is -11.0. The van der Waals surface area contributed by atoms with Crippen LogP contribution in [-0.2, 0) is 15.9 Å². The van der Waals surface area contributed by atoms with Crippen molar-refractivity contribution in [2.45, 2.75) is 42.4 Å². The monoisotopic (exact) mass is 673 g/mol. The molecular formula is C30H26F7N3O7. The van der Waals surface area contributed by atoms with Gasteiger partial charge in [0.2, 0.25) is 11.1 Å². The Morgan fingerprint density at radius 2 is 1.70 bits per heavy atom. The summed E-state index contributed by atoms with van der Waals surface area (Å²) in [5, 5.41) is 14.7. The number of alkyl halides is 6. The molecule has 10 nitrogen and oxygen atoms in total. The topological polar surface area (TPSA) is 128 Å². The zero-order chi connectivity index (χ0) is 34.4. The van der Waals surface area contributed by atoms with Crippen molar-refractivity contribution >= 4 is 12.0 Å². The van der Waals surface area contributed by atoms with Crippen LogP contribution in [0.5, 0.6) is 17.2 Å². The number of nitrogens with one attached hydrogen (secondary N) is 2. The first kappa shape index (κ1) is 33.6. The van der Waals surface area contributed by atoms with Crippen molar-refractivity contribution in [3.05, 3.63) is 71.2 Å². The summed E-state index contributed by atoms with van der Waals surface area (Å²) >= 11 is 0. The fraction of sp³-hybridized carbons (Fsp3) is 0.367. The third-order valence-electron chi connectivity index (χ3n) is 7.61. The second-order valence-electron chi connectivity index (χ2n) is 10.8. The number of fused-ring (bicyclic) bond motifs is 1. The number of hydrogen-bond acceptors (Lipinski definition) is 8. The number of amides is 2. The maximum atomic E-state index is 14.7. The van der Waals surface area contributed by atoms with Gasteiger partial charge in [0, 0.05) is 16.7 Å². The lowest BCUT2D eigenvalue weighted by molar-refractivity contribution is -0.265. The van der Waals surface area contributed by atoms with E-state index in [9.17, 15) is 45.4 Å². The zero-order valence-electron chi connectivity index (χ0n) is 24.5. The SMILES string of the molecule is COC(=O)N[C@@]1(C(F)(F)F)COc2c1cc([C@@](O)(CNC(=O)c1ccc(OC3CC3)c(OC)c1)C(F)(F)F)nc2-c1ccc(F)cc1. The van der Waals surface area contributed by atoms with Gasteiger partial charge < -0.3 is 34.7 Å². The van der Waals surface area contributed by atoms with Crippen LogP contribution in [0.25, 0.3) is 11.3 Å². The molecule has 1 aliphatic heterocycles. The number of methoxy groups -OCH3 is 2. The quantitative estimate of drug-likeness (QED) is 0.267. The van der Waals surface area contributed by atoms with Gasteiger partial charge in [-0.2, -0.15) is 26.3 Å². The molecule has 0 saturated heterocycles. The highest BCUT2D eigenvalue weighted by molar-refractivity contribution is 5.95. The maximum absolute atomic E-state index is 14.7. The van der Waals surface area contributed by atoms with Crippen LogP contribution >= 0.6 is 0 Å². The lowest BCUT2D eigenvalue weighted by Gasteiger charge is -2.33. The van der Waals surface area contributed by atoms with Crippen LogP contribution < -0.4 is 24.8 Å². The van der Waals surface area contributed by atoms with E-state index in [4.69, 9.17) is 14.2 Å². The molecule has 2 heterocycles. The number of rotatable bonds is 9. The molecule has 1 saturated carbocycles. The molecule has 47 heavy (non-hydrogen) atoms. The highest BCUT2D eigenvalue weighted by Crippen LogP contribution is 2.52. The first-order valence-electron chi connectivity index (χ1n) is 13.8. The lowest BCUT2D eigenvalue weighted by atomic mass is 9.87. The molecule has 2 atom stereocenters. The summed E-state index contributed by atoms with van der Waals surface area (Å²) in [6.07, 6.45) is -11.0. The van der Waals surface area contributed by atoms with E-state index >= 15 is 0 Å². The van der Waals surface area contributed by atoms with Gasteiger partial charge in [0.05, 0.1) is 32.6 Å². The van der Waals surface area contributed by atoms with Crippen molar-refractivity contribution in [2.75, 3.05) is 27.4 Å². The van der Waals surface area contributed by atoms with Crippen molar-refractivity contribution in [3.63, 3.8) is 0 Å². The number of nitrogens with zero attached hydrogens (tertiary/aromatic N) is 1. The molecular weight excluding hydrogens is 647 g/mol. The van der Waals surface area contributed by atoms with Gasteiger partial charge in [0.15, 0.2) is 17.2 Å². The smallest absolute Gasteiger partial charge is 0.424 e. The fourth-order valence-electron chi connectivity index (χ4n) is 4.82. The Balaban J connectivity index is 1.60. The number of ether oxygens (including phenoxy) is 4. The molecule has 1 fully saturated rings. The van der Waals surface area contributed by atoms with E-state index in [0.29, 0.717) is 5.75 Å². The highest BCUT2D eigenvalue weighted by atomic mass is 19.4. The summed E-state index contributed by atoms with van der Waals surface area (Å²) < 4.78 is 122. The molecule has 252 valence electrons. The highest BCUT2D eigenvalue weighted by Gasteiger charge is 2.64. The predicted octanol–water partition coefficient (Wildman–Crippen LogP) is 5.12. The van der Waals surface area contributed by atoms with Crippen LogP contribution in [0.1, 0.15) is 34.5 Å². The Bertz CT molecular complexity index is 1680. The molecule has 1 aliphatic carbocycles. The molecule has 2 aliphatic rings. The number of pyridine rings is 1. The van der Waals surface area contributed by atoms with Crippen molar-refractivity contribution < 1.29 is 64.4 Å². The molecule has 3 N–H and O–H groups in total. The molecule has 1 aromatic heterocycles. The minimum absolute atomic E-state index is 0.0331. The van der Waals surface area contributed by atoms with Crippen LogP contribution in [0.2, 0.25) is 0 Å². The Hall–Kier alpha value is -4.80. The Morgan fingerprint density at radius 3 is 2.28 bits per heavy atom. The molecule has 3 aromatic rings. The Morgan fingerprint density at radius 1 is 1.02 bits per heavy atom. The molecule has 0 bridgehead atoms. The molecule has 2 amide bonds. The molecule has 2 aromatic carbocycles. The third-order valence-corrected chi connectivity index (χ3v) is 7.61. The number of carbonyl (C=O) groups excluding carboxylic acids is 2. The summed E-state index contributed by atoms with van der Waals surface area (Å²) in [5.74, 6) is -2.17. The second-order valence-corrected chi connectivity index (χ2v) is 10.8.